The number of methoxy groups -OCH3 is 2. The van der Waals surface area contributed by atoms with E-state index in [4.69, 9.17) is 21.1 Å². The van der Waals surface area contributed by atoms with Crippen LogP contribution in [-0.2, 0) is 19.9 Å². The highest BCUT2D eigenvalue weighted by atomic mass is 35.5. The molecule has 0 unspecified atom stereocenters. The van der Waals surface area contributed by atoms with Gasteiger partial charge in [-0.15, -0.1) is 5.10 Å². The molecule has 0 spiro atoms. The Kier molecular flexibility index (Phi) is 7.23. The molecule has 0 radical (unpaired) electrons. The summed E-state index contributed by atoms with van der Waals surface area (Å²) in [5.41, 5.74) is 1.57. The van der Waals surface area contributed by atoms with Gasteiger partial charge in [0, 0.05) is 57.4 Å². The fourth-order valence-corrected chi connectivity index (χ4v) is 5.88. The molecular formula is C28H31ClN4O3. The number of benzene rings is 2. The maximum atomic E-state index is 14.1. The molecule has 3 heterocycles. The van der Waals surface area contributed by atoms with Crippen LogP contribution in [0.15, 0.2) is 72.9 Å². The summed E-state index contributed by atoms with van der Waals surface area (Å²) in [5.74, 6) is 0.697. The van der Waals surface area contributed by atoms with Crippen molar-refractivity contribution < 1.29 is 14.3 Å². The lowest BCUT2D eigenvalue weighted by molar-refractivity contribution is -0.170. The third-order valence-corrected chi connectivity index (χ3v) is 7.95. The highest BCUT2D eigenvalue weighted by molar-refractivity contribution is 6.30. The first-order chi connectivity index (χ1) is 17.6. The Labute approximate surface area is 217 Å². The van der Waals surface area contributed by atoms with Gasteiger partial charge in [0.25, 0.3) is 0 Å². The topological polar surface area (TPSA) is 67.8 Å². The van der Waals surface area contributed by atoms with E-state index in [0.717, 1.165) is 16.9 Å². The summed E-state index contributed by atoms with van der Waals surface area (Å²) in [6.07, 6.45) is 2.03. The summed E-state index contributed by atoms with van der Waals surface area (Å²) >= 11 is 6.16. The number of carbonyl (C=O) groups excluding carboxylic acids is 1. The molecule has 36 heavy (non-hydrogen) atoms. The largest absolute Gasteiger partial charge is 0.376 e. The fourth-order valence-electron chi connectivity index (χ4n) is 5.75. The lowest BCUT2D eigenvalue weighted by Crippen LogP contribution is -2.57. The number of rotatable bonds is 6. The molecule has 1 amide bonds. The normalized spacial score (nSPS) is 26.2. The van der Waals surface area contributed by atoms with Crippen LogP contribution in [0.4, 0.5) is 5.82 Å². The summed E-state index contributed by atoms with van der Waals surface area (Å²) in [4.78, 5) is 18.2. The molecule has 1 aromatic heterocycles. The third kappa shape index (κ3) is 4.59. The Morgan fingerprint density at radius 1 is 1.00 bits per heavy atom. The average molecular weight is 507 g/mol. The second kappa shape index (κ2) is 10.5. The van der Waals surface area contributed by atoms with Gasteiger partial charge in [-0.05, 0) is 35.4 Å². The van der Waals surface area contributed by atoms with E-state index in [9.17, 15) is 4.79 Å². The number of ether oxygens (including phenoxy) is 2. The smallest absolute Gasteiger partial charge is 0.228 e. The van der Waals surface area contributed by atoms with Crippen LogP contribution in [-0.4, -0.2) is 67.5 Å². The number of hydrogen-bond donors (Lipinski definition) is 0. The van der Waals surface area contributed by atoms with Crippen LogP contribution in [0, 0.1) is 5.92 Å². The van der Waals surface area contributed by atoms with E-state index in [-0.39, 0.29) is 23.8 Å². The number of piperidine rings is 1. The molecule has 5 rings (SSSR count). The molecule has 0 saturated carbocycles. The molecule has 3 aromatic rings. The number of carbonyl (C=O) groups is 1. The second-order valence-electron chi connectivity index (χ2n) is 9.47. The molecule has 7 nitrogen and oxygen atoms in total. The van der Waals surface area contributed by atoms with Crippen molar-refractivity contribution in [3.05, 3.63) is 89.1 Å². The predicted molar refractivity (Wildman–Crippen MR) is 139 cm³/mol. The van der Waals surface area contributed by atoms with Crippen molar-refractivity contribution in [2.45, 2.75) is 24.0 Å². The Balaban J connectivity index is 1.41. The third-order valence-electron chi connectivity index (χ3n) is 7.70. The highest BCUT2D eigenvalue weighted by Gasteiger charge is 2.49. The van der Waals surface area contributed by atoms with Gasteiger partial charge in [0.05, 0.1) is 12.5 Å². The minimum Gasteiger partial charge on any atom is -0.376 e. The van der Waals surface area contributed by atoms with Crippen molar-refractivity contribution in [3.63, 3.8) is 0 Å². The standard InChI is InChI=1S/C28H31ClN4O3/c1-35-25-19-32(16-14-28(25,36-2)21-7-4-3-5-8-21)27(34)24-18-33(26-9-6-15-30-31-26)17-23(24)20-10-12-22(29)13-11-20/h3-13,15,23-25H,14,16-19H2,1-2H3/t23-,24+,25-,28-/m0/s1. The maximum absolute atomic E-state index is 14.1. The van der Waals surface area contributed by atoms with Crippen LogP contribution in [0.25, 0.3) is 0 Å². The van der Waals surface area contributed by atoms with Gasteiger partial charge in [0.15, 0.2) is 5.82 Å². The Bertz CT molecular complexity index is 1160. The van der Waals surface area contributed by atoms with Gasteiger partial charge in [0.1, 0.15) is 11.7 Å². The first-order valence-electron chi connectivity index (χ1n) is 12.3. The first-order valence-corrected chi connectivity index (χ1v) is 12.6. The minimum atomic E-state index is -0.594. The van der Waals surface area contributed by atoms with Crippen molar-refractivity contribution in [1.29, 1.82) is 0 Å². The van der Waals surface area contributed by atoms with E-state index in [0.29, 0.717) is 37.6 Å². The fraction of sp³-hybridized carbons (Fsp3) is 0.393. The van der Waals surface area contributed by atoms with Crippen LogP contribution in [0.5, 0.6) is 0 Å². The lowest BCUT2D eigenvalue weighted by atomic mass is 9.80. The zero-order chi connectivity index (χ0) is 25.1. The Hall–Kier alpha value is -3.00. The van der Waals surface area contributed by atoms with E-state index >= 15 is 0 Å². The molecule has 0 aliphatic carbocycles. The molecule has 2 saturated heterocycles. The number of halogens is 1. The molecule has 188 valence electrons. The Morgan fingerprint density at radius 2 is 1.78 bits per heavy atom. The van der Waals surface area contributed by atoms with Crippen LogP contribution in [0.2, 0.25) is 5.02 Å². The molecule has 2 aliphatic rings. The molecule has 0 bridgehead atoms. The maximum Gasteiger partial charge on any atom is 0.228 e. The van der Waals surface area contributed by atoms with E-state index in [1.54, 1.807) is 20.4 Å². The number of amides is 1. The predicted octanol–water partition coefficient (Wildman–Crippen LogP) is 4.14. The summed E-state index contributed by atoms with van der Waals surface area (Å²) in [6.45, 7) is 2.32. The van der Waals surface area contributed by atoms with Gasteiger partial charge in [0.2, 0.25) is 5.91 Å². The zero-order valence-electron chi connectivity index (χ0n) is 20.6. The van der Waals surface area contributed by atoms with Crippen molar-refractivity contribution in [2.24, 2.45) is 5.92 Å². The van der Waals surface area contributed by atoms with E-state index in [1.807, 2.05) is 59.5 Å². The van der Waals surface area contributed by atoms with Gasteiger partial charge in [-0.25, -0.2) is 0 Å². The molecular weight excluding hydrogens is 476 g/mol. The SMILES string of the molecule is CO[C@H]1CN(C(=O)[C@@H]2CN(c3cccnn3)C[C@H]2c2ccc(Cl)cc2)CC[C@]1(OC)c1ccccc1. The van der Waals surface area contributed by atoms with Gasteiger partial charge >= 0.3 is 0 Å². The number of aromatic nitrogens is 2. The average Bonchev–Trinajstić information content (AvgIpc) is 3.39. The Morgan fingerprint density at radius 3 is 2.44 bits per heavy atom. The number of nitrogens with zero attached hydrogens (tertiary/aromatic N) is 4. The van der Waals surface area contributed by atoms with Crippen LogP contribution in [0.3, 0.4) is 0 Å². The molecule has 2 aliphatic heterocycles. The van der Waals surface area contributed by atoms with Crippen molar-refractivity contribution in [1.82, 2.24) is 15.1 Å². The van der Waals surface area contributed by atoms with E-state index < -0.39 is 5.60 Å². The molecule has 2 aromatic carbocycles. The van der Waals surface area contributed by atoms with Crippen LogP contribution >= 0.6 is 11.6 Å². The van der Waals surface area contributed by atoms with E-state index in [1.165, 1.54) is 0 Å². The monoisotopic (exact) mass is 506 g/mol. The number of anilines is 1. The summed E-state index contributed by atoms with van der Waals surface area (Å²) < 4.78 is 12.0. The lowest BCUT2D eigenvalue weighted by Gasteiger charge is -2.47. The number of hydrogen-bond acceptors (Lipinski definition) is 6. The van der Waals surface area contributed by atoms with E-state index in [2.05, 4.69) is 27.2 Å². The van der Waals surface area contributed by atoms with Crippen molar-refractivity contribution in [2.75, 3.05) is 45.3 Å². The quantitative estimate of drug-likeness (QED) is 0.500. The number of likely N-dealkylation sites (tertiary alicyclic amines) is 1. The summed E-state index contributed by atoms with van der Waals surface area (Å²) in [7, 11) is 3.42. The zero-order valence-corrected chi connectivity index (χ0v) is 21.3. The van der Waals surface area contributed by atoms with Gasteiger partial charge < -0.3 is 19.3 Å². The van der Waals surface area contributed by atoms with Gasteiger partial charge in [-0.3, -0.25) is 4.79 Å². The minimum absolute atomic E-state index is 0.0148. The van der Waals surface area contributed by atoms with Crippen LogP contribution in [0.1, 0.15) is 23.5 Å². The molecule has 2 fully saturated rings. The van der Waals surface area contributed by atoms with Crippen LogP contribution < -0.4 is 4.90 Å². The van der Waals surface area contributed by atoms with Gasteiger partial charge in [-0.1, -0.05) is 54.1 Å². The highest BCUT2D eigenvalue weighted by Crippen LogP contribution is 2.41. The second-order valence-corrected chi connectivity index (χ2v) is 9.91. The first kappa shape index (κ1) is 24.7. The molecule has 0 N–H and O–H groups in total. The van der Waals surface area contributed by atoms with Crippen molar-refractivity contribution in [3.8, 4) is 0 Å². The van der Waals surface area contributed by atoms with Crippen molar-refractivity contribution >= 4 is 23.3 Å². The molecule has 4 atom stereocenters. The molecule has 8 heteroatoms. The summed E-state index contributed by atoms with van der Waals surface area (Å²) in [6, 6.07) is 21.8. The van der Waals surface area contributed by atoms with Gasteiger partial charge in [-0.2, -0.15) is 5.10 Å². The summed E-state index contributed by atoms with van der Waals surface area (Å²) in [5, 5.41) is 9.01.